The van der Waals surface area contributed by atoms with Gasteiger partial charge in [0.15, 0.2) is 5.13 Å². The maximum Gasteiger partial charge on any atom is 0.413 e. The molecule has 22 heavy (non-hydrogen) atoms. The van der Waals surface area contributed by atoms with Gasteiger partial charge in [-0.05, 0) is 20.8 Å². The van der Waals surface area contributed by atoms with Gasteiger partial charge in [0.25, 0.3) is 0 Å². The normalized spacial score (nSPS) is 14.1. The van der Waals surface area contributed by atoms with Gasteiger partial charge in [-0.15, -0.1) is 0 Å². The van der Waals surface area contributed by atoms with Crippen LogP contribution in [0.1, 0.15) is 38.7 Å². The molecule has 1 rings (SSSR count). The first-order chi connectivity index (χ1) is 10.1. The number of rotatable bonds is 5. The molecule has 1 heterocycles. The third-order valence-electron chi connectivity index (χ3n) is 2.35. The van der Waals surface area contributed by atoms with E-state index in [1.54, 1.807) is 20.8 Å². The quantitative estimate of drug-likeness (QED) is 0.639. The number of amides is 2. The van der Waals surface area contributed by atoms with Gasteiger partial charge >= 0.3 is 6.09 Å². The van der Waals surface area contributed by atoms with Crippen molar-refractivity contribution in [1.29, 1.82) is 0 Å². The summed E-state index contributed by atoms with van der Waals surface area (Å²) in [6.45, 7) is 6.45. The highest BCUT2D eigenvalue weighted by Crippen LogP contribution is 2.26. The van der Waals surface area contributed by atoms with E-state index in [1.165, 1.54) is 13.1 Å². The second-order valence-corrected chi connectivity index (χ2v) is 6.71. The van der Waals surface area contributed by atoms with E-state index in [0.29, 0.717) is 4.88 Å². The first-order valence-corrected chi connectivity index (χ1v) is 7.46. The number of carbonyl (C=O) groups excluding carboxylic acids is 2. The molecule has 0 spiro atoms. The molecule has 0 aliphatic heterocycles. The molecule has 4 N–H and O–H groups in total. The van der Waals surface area contributed by atoms with Crippen molar-refractivity contribution < 1.29 is 24.5 Å². The molecule has 0 saturated heterocycles. The predicted octanol–water partition coefficient (Wildman–Crippen LogP) is 1.02. The van der Waals surface area contributed by atoms with Crippen molar-refractivity contribution in [2.45, 2.75) is 45.5 Å². The number of ether oxygens (including phenoxy) is 1. The fraction of sp³-hybridized carbons (Fsp3) is 0.615. The monoisotopic (exact) mass is 331 g/mol. The molecule has 0 radical (unpaired) electrons. The van der Waals surface area contributed by atoms with E-state index >= 15 is 0 Å². The van der Waals surface area contributed by atoms with Gasteiger partial charge in [-0.1, -0.05) is 11.3 Å². The van der Waals surface area contributed by atoms with Crippen molar-refractivity contribution in [3.05, 3.63) is 11.1 Å². The zero-order valence-corrected chi connectivity index (χ0v) is 13.7. The fourth-order valence-electron chi connectivity index (χ4n) is 1.42. The Labute approximate surface area is 132 Å². The molecule has 0 aliphatic carbocycles. The number of anilines is 1. The smallest absolute Gasteiger partial charge is 0.413 e. The van der Waals surface area contributed by atoms with Crippen LogP contribution in [-0.2, 0) is 9.53 Å². The van der Waals surface area contributed by atoms with Crippen LogP contribution < -0.4 is 10.6 Å². The molecule has 1 aromatic heterocycles. The van der Waals surface area contributed by atoms with Gasteiger partial charge in [-0.25, -0.2) is 9.78 Å². The Morgan fingerprint density at radius 1 is 1.41 bits per heavy atom. The molecular formula is C13H21N3O5S. The van der Waals surface area contributed by atoms with Gasteiger partial charge in [-0.2, -0.15) is 0 Å². The maximum absolute atomic E-state index is 11.6. The molecule has 0 bridgehead atoms. The minimum Gasteiger partial charge on any atom is -0.444 e. The van der Waals surface area contributed by atoms with Crippen LogP contribution in [0.25, 0.3) is 0 Å². The average molecular weight is 331 g/mol. The van der Waals surface area contributed by atoms with Gasteiger partial charge in [0.2, 0.25) is 5.91 Å². The summed E-state index contributed by atoms with van der Waals surface area (Å²) >= 11 is 1.01. The summed E-state index contributed by atoms with van der Waals surface area (Å²) in [5.74, 6) is -0.303. The highest BCUT2D eigenvalue weighted by molar-refractivity contribution is 7.15. The number of thiazole rings is 1. The van der Waals surface area contributed by atoms with Gasteiger partial charge in [-0.3, -0.25) is 10.1 Å². The number of aliphatic hydroxyl groups is 2. The Bertz CT molecular complexity index is 526. The molecule has 0 aromatic carbocycles. The molecule has 124 valence electrons. The summed E-state index contributed by atoms with van der Waals surface area (Å²) in [7, 11) is 0. The van der Waals surface area contributed by atoms with Crippen LogP contribution in [0.15, 0.2) is 6.20 Å². The summed E-state index contributed by atoms with van der Waals surface area (Å²) in [4.78, 5) is 26.7. The summed E-state index contributed by atoms with van der Waals surface area (Å²) < 4.78 is 5.08. The van der Waals surface area contributed by atoms with Crippen LogP contribution in [0.3, 0.4) is 0 Å². The molecule has 0 saturated carbocycles. The molecule has 0 fully saturated rings. The molecule has 1 aromatic rings. The van der Waals surface area contributed by atoms with Crippen LogP contribution in [0.2, 0.25) is 0 Å². The number of aromatic nitrogens is 1. The maximum atomic E-state index is 11.6. The fourth-order valence-corrected chi connectivity index (χ4v) is 2.27. The summed E-state index contributed by atoms with van der Waals surface area (Å²) in [6, 6.07) is 0. The van der Waals surface area contributed by atoms with Crippen LogP contribution in [0.4, 0.5) is 9.93 Å². The van der Waals surface area contributed by atoms with Crippen molar-refractivity contribution >= 4 is 28.5 Å². The Morgan fingerprint density at radius 2 is 2.05 bits per heavy atom. The van der Waals surface area contributed by atoms with Crippen molar-refractivity contribution in [3.8, 4) is 0 Å². The SMILES string of the molecule is CC(=O)NCC(O)C(O)c1cnc(NC(=O)OC(C)(C)C)s1. The standard InChI is InChI=1S/C13H21N3O5S/c1-7(17)14-5-8(18)10(19)9-6-15-11(22-9)16-12(20)21-13(2,3)4/h6,8,10,18-19H,5H2,1-4H3,(H,14,17)(H,15,16,20). The largest absolute Gasteiger partial charge is 0.444 e. The molecule has 8 nitrogen and oxygen atoms in total. The van der Waals surface area contributed by atoms with Gasteiger partial charge in [0.05, 0.1) is 4.88 Å². The number of carbonyl (C=O) groups is 2. The first kappa shape index (κ1) is 18.3. The third-order valence-corrected chi connectivity index (χ3v) is 3.33. The van der Waals surface area contributed by atoms with Crippen LogP contribution in [0, 0.1) is 0 Å². The van der Waals surface area contributed by atoms with E-state index in [0.717, 1.165) is 11.3 Å². The minimum atomic E-state index is -1.21. The number of nitrogens with zero attached hydrogens (tertiary/aromatic N) is 1. The molecule has 2 unspecified atom stereocenters. The van der Waals surface area contributed by atoms with Crippen LogP contribution in [0.5, 0.6) is 0 Å². The van der Waals surface area contributed by atoms with Crippen molar-refractivity contribution in [2.75, 3.05) is 11.9 Å². The minimum absolute atomic E-state index is 0.0801. The second kappa shape index (κ2) is 7.52. The lowest BCUT2D eigenvalue weighted by Gasteiger charge is -2.19. The van der Waals surface area contributed by atoms with E-state index in [1.807, 2.05) is 0 Å². The Kier molecular flexibility index (Phi) is 6.27. The Balaban J connectivity index is 2.59. The predicted molar refractivity (Wildman–Crippen MR) is 81.6 cm³/mol. The van der Waals surface area contributed by atoms with Gasteiger partial charge in [0, 0.05) is 19.7 Å². The van der Waals surface area contributed by atoms with Gasteiger partial charge in [0.1, 0.15) is 17.8 Å². The topological polar surface area (TPSA) is 121 Å². The lowest BCUT2D eigenvalue weighted by atomic mass is 10.2. The lowest BCUT2D eigenvalue weighted by molar-refractivity contribution is -0.119. The highest BCUT2D eigenvalue weighted by atomic mass is 32.1. The van der Waals surface area contributed by atoms with Crippen molar-refractivity contribution in [1.82, 2.24) is 10.3 Å². The first-order valence-electron chi connectivity index (χ1n) is 6.65. The number of hydrogen-bond acceptors (Lipinski definition) is 7. The zero-order valence-electron chi connectivity index (χ0n) is 12.9. The second-order valence-electron chi connectivity index (χ2n) is 5.64. The molecule has 0 aliphatic rings. The van der Waals surface area contributed by atoms with Crippen LogP contribution in [-0.4, -0.2) is 45.4 Å². The van der Waals surface area contributed by atoms with Crippen LogP contribution >= 0.6 is 11.3 Å². The molecule has 9 heteroatoms. The van der Waals surface area contributed by atoms with Crippen molar-refractivity contribution in [3.63, 3.8) is 0 Å². The summed E-state index contributed by atoms with van der Waals surface area (Å²) in [5.41, 5.74) is -0.627. The van der Waals surface area contributed by atoms with Crippen molar-refractivity contribution in [2.24, 2.45) is 0 Å². The average Bonchev–Trinajstić information content (AvgIpc) is 2.80. The highest BCUT2D eigenvalue weighted by Gasteiger charge is 2.22. The number of hydrogen-bond donors (Lipinski definition) is 4. The van der Waals surface area contributed by atoms with E-state index < -0.39 is 23.9 Å². The van der Waals surface area contributed by atoms with E-state index in [-0.39, 0.29) is 17.6 Å². The lowest BCUT2D eigenvalue weighted by Crippen LogP contribution is -2.33. The molecule has 2 amide bonds. The Morgan fingerprint density at radius 3 is 2.59 bits per heavy atom. The summed E-state index contributed by atoms with van der Waals surface area (Å²) in [5, 5.41) is 24.8. The van der Waals surface area contributed by atoms with E-state index in [4.69, 9.17) is 4.74 Å². The van der Waals surface area contributed by atoms with Gasteiger partial charge < -0.3 is 20.3 Å². The van der Waals surface area contributed by atoms with E-state index in [2.05, 4.69) is 15.6 Å². The number of nitrogens with one attached hydrogen (secondary N) is 2. The Hall–Kier alpha value is -1.71. The molecule has 2 atom stereocenters. The summed E-state index contributed by atoms with van der Waals surface area (Å²) in [6.07, 6.45) is -1.68. The zero-order chi connectivity index (χ0) is 16.9. The van der Waals surface area contributed by atoms with E-state index in [9.17, 15) is 19.8 Å². The molecular weight excluding hydrogens is 310 g/mol. The number of aliphatic hydroxyl groups excluding tert-OH is 2. The third kappa shape index (κ3) is 6.37.